The van der Waals surface area contributed by atoms with Crippen molar-refractivity contribution >= 4 is 28.2 Å². The van der Waals surface area contributed by atoms with Gasteiger partial charge in [-0.1, -0.05) is 30.8 Å². The second-order valence-electron chi connectivity index (χ2n) is 8.39. The Morgan fingerprint density at radius 2 is 1.84 bits per heavy atom. The van der Waals surface area contributed by atoms with Crippen LogP contribution in [0.4, 0.5) is 11.5 Å². The number of carbonyl (C=O) groups is 1. The third kappa shape index (κ3) is 3.64. The second kappa shape index (κ2) is 8.15. The van der Waals surface area contributed by atoms with Gasteiger partial charge in [-0.2, -0.15) is 0 Å². The fourth-order valence-corrected chi connectivity index (χ4v) is 4.80. The normalized spacial score (nSPS) is 16.2. The van der Waals surface area contributed by atoms with E-state index < -0.39 is 0 Å². The average molecular weight is 430 g/mol. The highest BCUT2D eigenvalue weighted by atomic mass is 16.3. The van der Waals surface area contributed by atoms with Crippen molar-refractivity contribution in [2.75, 3.05) is 42.5 Å². The highest BCUT2D eigenvalue weighted by Crippen LogP contribution is 2.35. The number of anilines is 2. The van der Waals surface area contributed by atoms with Gasteiger partial charge < -0.3 is 19.8 Å². The summed E-state index contributed by atoms with van der Waals surface area (Å²) in [6.07, 6.45) is 2.22. The van der Waals surface area contributed by atoms with Crippen molar-refractivity contribution in [3.05, 3.63) is 66.1 Å². The zero-order valence-electron chi connectivity index (χ0n) is 18.3. The number of amides is 1. The Hall–Kier alpha value is -3.61. The van der Waals surface area contributed by atoms with Crippen molar-refractivity contribution in [1.29, 1.82) is 0 Å². The van der Waals surface area contributed by atoms with E-state index in [0.717, 1.165) is 59.9 Å². The highest BCUT2D eigenvalue weighted by Gasteiger charge is 2.28. The lowest BCUT2D eigenvalue weighted by molar-refractivity contribution is -0.126. The van der Waals surface area contributed by atoms with Crippen LogP contribution in [-0.2, 0) is 17.8 Å². The number of fused-ring (bicyclic) bond motifs is 2. The van der Waals surface area contributed by atoms with E-state index in [9.17, 15) is 9.90 Å². The molecule has 3 aromatic rings. The molecule has 0 spiro atoms. The Labute approximate surface area is 187 Å². The molecule has 0 aliphatic carbocycles. The van der Waals surface area contributed by atoms with E-state index in [1.165, 1.54) is 11.6 Å². The molecule has 0 bridgehead atoms. The minimum absolute atomic E-state index is 0.0143. The monoisotopic (exact) mass is 429 g/mol. The van der Waals surface area contributed by atoms with E-state index in [4.69, 9.17) is 9.97 Å². The Bertz CT molecular complexity index is 1200. The van der Waals surface area contributed by atoms with Crippen molar-refractivity contribution in [2.45, 2.75) is 19.9 Å². The molecule has 0 radical (unpaired) electrons. The zero-order valence-corrected chi connectivity index (χ0v) is 18.3. The molecule has 7 nitrogen and oxygen atoms in total. The van der Waals surface area contributed by atoms with Crippen molar-refractivity contribution in [3.63, 3.8) is 0 Å². The molecule has 32 heavy (non-hydrogen) atoms. The van der Waals surface area contributed by atoms with Crippen LogP contribution in [0.3, 0.4) is 0 Å². The Morgan fingerprint density at radius 1 is 1.06 bits per heavy atom. The first-order valence-corrected chi connectivity index (χ1v) is 11.0. The zero-order chi connectivity index (χ0) is 22.2. The first-order valence-electron chi connectivity index (χ1n) is 11.0. The number of hydrogen-bond donors (Lipinski definition) is 1. The van der Waals surface area contributed by atoms with Crippen molar-refractivity contribution < 1.29 is 9.90 Å². The average Bonchev–Trinajstić information content (AvgIpc) is 2.82. The molecule has 0 unspecified atom stereocenters. The largest absolute Gasteiger partial charge is 0.508 e. The van der Waals surface area contributed by atoms with E-state index in [1.807, 2.05) is 36.1 Å². The molecule has 2 aliphatic rings. The Balaban J connectivity index is 1.44. The smallest absolute Gasteiger partial charge is 0.246 e. The van der Waals surface area contributed by atoms with Crippen molar-refractivity contribution in [3.8, 4) is 5.75 Å². The Morgan fingerprint density at radius 3 is 2.62 bits per heavy atom. The molecule has 1 N–H and O–H groups in total. The van der Waals surface area contributed by atoms with Gasteiger partial charge in [-0.05, 0) is 30.9 Å². The number of phenols is 1. The van der Waals surface area contributed by atoms with Crippen LogP contribution in [0.2, 0.25) is 0 Å². The topological polar surface area (TPSA) is 72.8 Å². The fraction of sp³-hybridized carbons (Fsp3) is 0.320. The summed E-state index contributed by atoms with van der Waals surface area (Å²) in [5, 5.41) is 12.4. The molecule has 0 saturated carbocycles. The number of piperazine rings is 1. The van der Waals surface area contributed by atoms with Gasteiger partial charge in [-0.15, -0.1) is 0 Å². The molecule has 3 heterocycles. The molecular formula is C25H27N5O2. The fourth-order valence-electron chi connectivity index (χ4n) is 4.80. The summed E-state index contributed by atoms with van der Waals surface area (Å²) >= 11 is 0. The van der Waals surface area contributed by atoms with E-state index >= 15 is 0 Å². The van der Waals surface area contributed by atoms with E-state index in [1.54, 1.807) is 6.07 Å². The molecule has 1 fully saturated rings. The van der Waals surface area contributed by atoms with Crippen LogP contribution in [0, 0.1) is 6.92 Å². The maximum Gasteiger partial charge on any atom is 0.246 e. The highest BCUT2D eigenvalue weighted by molar-refractivity contribution is 5.95. The maximum atomic E-state index is 11.9. The number of carbonyl (C=O) groups excluding carboxylic acids is 1. The molecule has 7 heteroatoms. The van der Waals surface area contributed by atoms with E-state index in [0.29, 0.717) is 19.6 Å². The minimum Gasteiger partial charge on any atom is -0.508 e. The Kier molecular flexibility index (Phi) is 5.17. The van der Waals surface area contributed by atoms with E-state index in [2.05, 4.69) is 22.4 Å². The third-order valence-corrected chi connectivity index (χ3v) is 6.39. The number of rotatable bonds is 3. The summed E-state index contributed by atoms with van der Waals surface area (Å²) < 4.78 is 0. The molecule has 1 saturated heterocycles. The van der Waals surface area contributed by atoms with Crippen molar-refractivity contribution in [2.24, 2.45) is 0 Å². The SMILES string of the molecule is C=CC(=O)N1CCN(c2nc(C)nc3c2CCN(c2cc(O)cc4ccccc24)C3)CC1. The quantitative estimate of drug-likeness (QED) is 0.646. The lowest BCUT2D eigenvalue weighted by atomic mass is 10.0. The van der Waals surface area contributed by atoms with Gasteiger partial charge in [-0.25, -0.2) is 9.97 Å². The lowest BCUT2D eigenvalue weighted by Crippen LogP contribution is -2.49. The van der Waals surface area contributed by atoms with Crippen LogP contribution < -0.4 is 9.80 Å². The predicted molar refractivity (Wildman–Crippen MR) is 126 cm³/mol. The van der Waals surface area contributed by atoms with Crippen LogP contribution >= 0.6 is 0 Å². The first kappa shape index (κ1) is 20.3. The molecule has 5 rings (SSSR count). The van der Waals surface area contributed by atoms with Crippen molar-refractivity contribution in [1.82, 2.24) is 14.9 Å². The summed E-state index contributed by atoms with van der Waals surface area (Å²) in [7, 11) is 0. The maximum absolute atomic E-state index is 11.9. The molecule has 164 valence electrons. The molecular weight excluding hydrogens is 402 g/mol. The first-order chi connectivity index (χ1) is 15.5. The molecule has 1 aromatic heterocycles. The van der Waals surface area contributed by atoms with Gasteiger partial charge in [0, 0.05) is 55.4 Å². The minimum atomic E-state index is -0.0143. The number of benzene rings is 2. The van der Waals surface area contributed by atoms with Gasteiger partial charge in [0.05, 0.1) is 12.2 Å². The third-order valence-electron chi connectivity index (χ3n) is 6.39. The molecule has 0 atom stereocenters. The second-order valence-corrected chi connectivity index (χ2v) is 8.39. The van der Waals surface area contributed by atoms with E-state index in [-0.39, 0.29) is 11.7 Å². The predicted octanol–water partition coefficient (Wildman–Crippen LogP) is 3.04. The molecule has 1 amide bonds. The number of aryl methyl sites for hydroxylation is 1. The summed E-state index contributed by atoms with van der Waals surface area (Å²) in [5.74, 6) is 2.01. The number of hydrogen-bond acceptors (Lipinski definition) is 6. The molecule has 2 aliphatic heterocycles. The van der Waals surface area contributed by atoms with Gasteiger partial charge >= 0.3 is 0 Å². The van der Waals surface area contributed by atoms with Gasteiger partial charge in [0.1, 0.15) is 17.4 Å². The summed E-state index contributed by atoms with van der Waals surface area (Å²) in [4.78, 5) is 27.9. The van der Waals surface area contributed by atoms with Crippen LogP contribution in [0.25, 0.3) is 10.8 Å². The van der Waals surface area contributed by atoms with Gasteiger partial charge in [0.25, 0.3) is 0 Å². The number of phenolic OH excluding ortho intramolecular Hbond substituents is 1. The van der Waals surface area contributed by atoms with Gasteiger partial charge in [0.2, 0.25) is 5.91 Å². The van der Waals surface area contributed by atoms with Crippen LogP contribution in [0.5, 0.6) is 5.75 Å². The summed E-state index contributed by atoms with van der Waals surface area (Å²) in [6.45, 7) is 9.88. The number of nitrogens with zero attached hydrogens (tertiary/aromatic N) is 5. The number of aromatic nitrogens is 2. The van der Waals surface area contributed by atoms with Gasteiger partial charge in [-0.3, -0.25) is 4.79 Å². The molecule has 2 aromatic carbocycles. The standard InChI is InChI=1S/C25H27N5O2/c1-3-24(32)28-10-12-29(13-11-28)25-21-8-9-30(16-22(21)26-17(2)27-25)23-15-19(31)14-18-6-4-5-7-20(18)23/h3-7,14-15,31H,1,8-13,16H2,2H3. The lowest BCUT2D eigenvalue weighted by Gasteiger charge is -2.38. The van der Waals surface area contributed by atoms with Gasteiger partial charge in [0.15, 0.2) is 0 Å². The summed E-state index contributed by atoms with van der Waals surface area (Å²) in [5.41, 5.74) is 3.26. The number of aromatic hydroxyl groups is 1. The van der Waals surface area contributed by atoms with Crippen LogP contribution in [0.1, 0.15) is 17.1 Å². The van der Waals surface area contributed by atoms with Crippen LogP contribution in [-0.4, -0.2) is 58.6 Å². The summed E-state index contributed by atoms with van der Waals surface area (Å²) in [6, 6.07) is 11.8. The van der Waals surface area contributed by atoms with Crippen LogP contribution in [0.15, 0.2) is 49.1 Å².